The Balaban J connectivity index is 2.39. The van der Waals surface area contributed by atoms with Gasteiger partial charge in [-0.3, -0.25) is 9.59 Å². The van der Waals surface area contributed by atoms with Gasteiger partial charge >= 0.3 is 5.97 Å². The van der Waals surface area contributed by atoms with Crippen molar-refractivity contribution in [1.29, 1.82) is 5.26 Å². The van der Waals surface area contributed by atoms with Crippen LogP contribution in [0.25, 0.3) is 0 Å². The standard InChI is InChI=1S/C13H15N3O3/c14-7-9-2-1-3-10(6-9)12(17)8-16-5-4-11(15)13(18)19/h1-3,6,11,16H,4-5,8,15H2,(H,18,19). The fourth-order valence-electron chi connectivity index (χ4n) is 1.45. The molecule has 0 aromatic heterocycles. The van der Waals surface area contributed by atoms with Crippen LogP contribution in [0.4, 0.5) is 0 Å². The highest BCUT2D eigenvalue weighted by Crippen LogP contribution is 2.04. The first-order chi connectivity index (χ1) is 9.04. The minimum absolute atomic E-state index is 0.0845. The predicted molar refractivity (Wildman–Crippen MR) is 68.6 cm³/mol. The molecular formula is C13H15N3O3. The number of rotatable bonds is 7. The van der Waals surface area contributed by atoms with Crippen LogP contribution in [0.1, 0.15) is 22.3 Å². The quantitative estimate of drug-likeness (QED) is 0.474. The third-order valence-corrected chi connectivity index (χ3v) is 2.55. The minimum atomic E-state index is -1.06. The van der Waals surface area contributed by atoms with E-state index in [1.807, 2.05) is 6.07 Å². The summed E-state index contributed by atoms with van der Waals surface area (Å²) in [6, 6.07) is 7.46. The molecule has 0 amide bonds. The van der Waals surface area contributed by atoms with Crippen molar-refractivity contribution >= 4 is 11.8 Å². The van der Waals surface area contributed by atoms with Crippen molar-refractivity contribution < 1.29 is 14.7 Å². The number of ketones is 1. The largest absolute Gasteiger partial charge is 0.480 e. The number of carbonyl (C=O) groups excluding carboxylic acids is 1. The zero-order valence-corrected chi connectivity index (χ0v) is 10.3. The molecule has 0 aliphatic rings. The Morgan fingerprint density at radius 2 is 2.21 bits per heavy atom. The van der Waals surface area contributed by atoms with Gasteiger partial charge in [-0.05, 0) is 25.1 Å². The number of carboxylic acids is 1. The van der Waals surface area contributed by atoms with Gasteiger partial charge < -0.3 is 16.2 Å². The molecule has 1 unspecified atom stereocenters. The molecule has 0 heterocycles. The summed E-state index contributed by atoms with van der Waals surface area (Å²) in [4.78, 5) is 22.2. The number of carboxylic acid groups (broad SMARTS) is 1. The lowest BCUT2D eigenvalue weighted by Crippen LogP contribution is -2.35. The average Bonchev–Trinajstić information content (AvgIpc) is 2.42. The Morgan fingerprint density at radius 1 is 1.47 bits per heavy atom. The highest BCUT2D eigenvalue weighted by atomic mass is 16.4. The Morgan fingerprint density at radius 3 is 2.84 bits per heavy atom. The molecular weight excluding hydrogens is 246 g/mol. The second-order valence-corrected chi connectivity index (χ2v) is 4.03. The van der Waals surface area contributed by atoms with Crippen LogP contribution in [0.5, 0.6) is 0 Å². The Hall–Kier alpha value is -2.23. The Bertz CT molecular complexity index is 508. The maximum atomic E-state index is 11.8. The third-order valence-electron chi connectivity index (χ3n) is 2.55. The van der Waals surface area contributed by atoms with E-state index in [1.165, 1.54) is 6.07 Å². The van der Waals surface area contributed by atoms with Crippen LogP contribution in [0.15, 0.2) is 24.3 Å². The molecule has 0 aliphatic heterocycles. The number of Topliss-reactive ketones (excluding diaryl/α,β-unsaturated/α-hetero) is 1. The molecule has 1 aromatic rings. The lowest BCUT2D eigenvalue weighted by atomic mass is 10.1. The summed E-state index contributed by atoms with van der Waals surface area (Å²) in [6.45, 7) is 0.429. The van der Waals surface area contributed by atoms with Crippen molar-refractivity contribution in [3.05, 3.63) is 35.4 Å². The number of nitrogens with one attached hydrogen (secondary N) is 1. The topological polar surface area (TPSA) is 116 Å². The zero-order chi connectivity index (χ0) is 14.3. The summed E-state index contributed by atoms with van der Waals surface area (Å²) in [5.41, 5.74) is 6.20. The molecule has 0 radical (unpaired) electrons. The van der Waals surface area contributed by atoms with Crippen LogP contribution >= 0.6 is 0 Å². The van der Waals surface area contributed by atoms with Gasteiger partial charge in [0.2, 0.25) is 0 Å². The third kappa shape index (κ3) is 4.87. The lowest BCUT2D eigenvalue weighted by Gasteiger charge is -2.07. The normalized spacial score (nSPS) is 11.6. The fourth-order valence-corrected chi connectivity index (χ4v) is 1.45. The van der Waals surface area contributed by atoms with Crippen molar-refractivity contribution in [3.63, 3.8) is 0 Å². The van der Waals surface area contributed by atoms with Crippen molar-refractivity contribution in [1.82, 2.24) is 5.32 Å². The lowest BCUT2D eigenvalue weighted by molar-refractivity contribution is -0.138. The van der Waals surface area contributed by atoms with Gasteiger partial charge in [0.25, 0.3) is 0 Å². The van der Waals surface area contributed by atoms with Crippen LogP contribution in [0.2, 0.25) is 0 Å². The maximum Gasteiger partial charge on any atom is 0.320 e. The van der Waals surface area contributed by atoms with E-state index < -0.39 is 12.0 Å². The van der Waals surface area contributed by atoms with Crippen molar-refractivity contribution in [3.8, 4) is 6.07 Å². The van der Waals surface area contributed by atoms with Gasteiger partial charge in [-0.15, -0.1) is 0 Å². The minimum Gasteiger partial charge on any atom is -0.480 e. The van der Waals surface area contributed by atoms with E-state index in [0.29, 0.717) is 17.7 Å². The van der Waals surface area contributed by atoms with E-state index in [0.717, 1.165) is 0 Å². The number of hydrogen-bond donors (Lipinski definition) is 3. The van der Waals surface area contributed by atoms with E-state index in [4.69, 9.17) is 16.1 Å². The Kier molecular flexibility index (Phi) is 5.67. The molecule has 100 valence electrons. The van der Waals surface area contributed by atoms with Crippen molar-refractivity contribution in [2.24, 2.45) is 5.73 Å². The van der Waals surface area contributed by atoms with E-state index >= 15 is 0 Å². The summed E-state index contributed by atoms with van der Waals surface area (Å²) < 4.78 is 0. The van der Waals surface area contributed by atoms with Gasteiger partial charge in [-0.1, -0.05) is 12.1 Å². The highest BCUT2D eigenvalue weighted by molar-refractivity contribution is 5.97. The van der Waals surface area contributed by atoms with E-state index in [1.54, 1.807) is 18.2 Å². The number of aliphatic carboxylic acids is 1. The second-order valence-electron chi connectivity index (χ2n) is 4.03. The molecule has 0 aliphatic carbocycles. The van der Waals surface area contributed by atoms with E-state index in [2.05, 4.69) is 5.32 Å². The van der Waals surface area contributed by atoms with Gasteiger partial charge in [-0.25, -0.2) is 0 Å². The van der Waals surface area contributed by atoms with Crippen molar-refractivity contribution in [2.75, 3.05) is 13.1 Å². The van der Waals surface area contributed by atoms with Gasteiger partial charge in [0.1, 0.15) is 6.04 Å². The monoisotopic (exact) mass is 261 g/mol. The van der Waals surface area contributed by atoms with Gasteiger partial charge in [0.15, 0.2) is 5.78 Å². The van der Waals surface area contributed by atoms with Gasteiger partial charge in [0.05, 0.1) is 18.2 Å². The summed E-state index contributed by atoms with van der Waals surface area (Å²) in [5, 5.41) is 20.1. The van der Waals surface area contributed by atoms with E-state index in [9.17, 15) is 9.59 Å². The molecule has 1 atom stereocenters. The summed E-state index contributed by atoms with van der Waals surface area (Å²) in [7, 11) is 0. The summed E-state index contributed by atoms with van der Waals surface area (Å²) in [6.07, 6.45) is 0.251. The molecule has 6 heteroatoms. The molecule has 0 saturated heterocycles. The van der Waals surface area contributed by atoms with Crippen molar-refractivity contribution in [2.45, 2.75) is 12.5 Å². The summed E-state index contributed by atoms with van der Waals surface area (Å²) >= 11 is 0. The maximum absolute atomic E-state index is 11.8. The van der Waals surface area contributed by atoms with Crippen LogP contribution in [-0.4, -0.2) is 36.0 Å². The van der Waals surface area contributed by atoms with Crippen LogP contribution < -0.4 is 11.1 Å². The van der Waals surface area contributed by atoms with Crippen LogP contribution in [0.3, 0.4) is 0 Å². The number of carbonyl (C=O) groups is 2. The number of nitrogens with two attached hydrogens (primary N) is 1. The average molecular weight is 261 g/mol. The predicted octanol–water partition coefficient (Wildman–Crippen LogP) is 0.133. The fraction of sp³-hybridized carbons (Fsp3) is 0.308. The van der Waals surface area contributed by atoms with Crippen LogP contribution in [-0.2, 0) is 4.79 Å². The zero-order valence-electron chi connectivity index (χ0n) is 10.3. The molecule has 0 spiro atoms. The first kappa shape index (κ1) is 14.8. The molecule has 19 heavy (non-hydrogen) atoms. The molecule has 1 rings (SSSR count). The van der Waals surface area contributed by atoms with Gasteiger partial charge in [-0.2, -0.15) is 5.26 Å². The molecule has 0 fully saturated rings. The first-order valence-corrected chi connectivity index (χ1v) is 5.77. The smallest absolute Gasteiger partial charge is 0.320 e. The van der Waals surface area contributed by atoms with Crippen LogP contribution in [0, 0.1) is 11.3 Å². The molecule has 1 aromatic carbocycles. The van der Waals surface area contributed by atoms with Gasteiger partial charge in [0, 0.05) is 5.56 Å². The Labute approximate surface area is 110 Å². The summed E-state index contributed by atoms with van der Waals surface area (Å²) in [5.74, 6) is -1.21. The number of nitrogens with zero attached hydrogens (tertiary/aromatic N) is 1. The molecule has 4 N–H and O–H groups in total. The van der Waals surface area contributed by atoms with E-state index in [-0.39, 0.29) is 18.7 Å². The number of benzene rings is 1. The number of hydrogen-bond acceptors (Lipinski definition) is 5. The molecule has 6 nitrogen and oxygen atoms in total. The number of nitriles is 1. The highest BCUT2D eigenvalue weighted by Gasteiger charge is 2.11. The SMILES string of the molecule is N#Cc1cccc(C(=O)CNCCC(N)C(=O)O)c1. The first-order valence-electron chi connectivity index (χ1n) is 5.77. The molecule has 0 saturated carbocycles. The second kappa shape index (κ2) is 7.26. The molecule has 0 bridgehead atoms.